The third-order valence-electron chi connectivity index (χ3n) is 1.49. The second kappa shape index (κ2) is 4.77. The van der Waals surface area contributed by atoms with E-state index < -0.39 is 5.97 Å². The lowest BCUT2D eigenvalue weighted by atomic mass is 10.2. The molecule has 14 heavy (non-hydrogen) atoms. The first-order valence-corrected chi connectivity index (χ1v) is 4.39. The molecule has 0 spiro atoms. The zero-order valence-corrected chi connectivity index (χ0v) is 8.38. The highest BCUT2D eigenvalue weighted by molar-refractivity contribution is 6.30. The van der Waals surface area contributed by atoms with Gasteiger partial charge >= 0.3 is 5.97 Å². The summed E-state index contributed by atoms with van der Waals surface area (Å²) in [5.41, 5.74) is 0.385. The predicted molar refractivity (Wildman–Crippen MR) is 52.4 cm³/mol. The fourth-order valence-corrected chi connectivity index (χ4v) is 0.962. The Morgan fingerprint density at radius 2 is 1.86 bits per heavy atom. The van der Waals surface area contributed by atoms with E-state index in [2.05, 4.69) is 0 Å². The van der Waals surface area contributed by atoms with Gasteiger partial charge in [-0.3, -0.25) is 4.79 Å². The number of ether oxygens (including phenoxy) is 1. The Morgan fingerprint density at radius 3 is 2.36 bits per heavy atom. The molecule has 0 fully saturated rings. The second-order valence-corrected chi connectivity index (χ2v) is 3.22. The molecule has 3 nitrogen and oxygen atoms in total. The van der Waals surface area contributed by atoms with Crippen LogP contribution < -0.4 is 0 Å². The van der Waals surface area contributed by atoms with Crippen LogP contribution >= 0.6 is 11.6 Å². The van der Waals surface area contributed by atoms with Crippen molar-refractivity contribution < 1.29 is 14.3 Å². The van der Waals surface area contributed by atoms with E-state index >= 15 is 0 Å². The quantitative estimate of drug-likeness (QED) is 0.721. The molecule has 0 radical (unpaired) electrons. The summed E-state index contributed by atoms with van der Waals surface area (Å²) in [6.45, 7) is 1.16. The SMILES string of the molecule is CC(=O)COC(=O)c1ccc(Cl)cc1. The van der Waals surface area contributed by atoms with Crippen LogP contribution in [0.25, 0.3) is 0 Å². The molecule has 74 valence electrons. The molecular weight excluding hydrogens is 204 g/mol. The number of benzene rings is 1. The summed E-state index contributed by atoms with van der Waals surface area (Å²) in [5, 5.41) is 0.549. The Hall–Kier alpha value is -1.35. The standard InChI is InChI=1S/C10H9ClO3/c1-7(12)6-14-10(13)8-2-4-9(11)5-3-8/h2-5H,6H2,1H3. The number of hydrogen-bond acceptors (Lipinski definition) is 3. The average Bonchev–Trinajstić information content (AvgIpc) is 2.15. The summed E-state index contributed by atoms with van der Waals surface area (Å²) in [5.74, 6) is -0.704. The Labute approximate surface area is 86.6 Å². The minimum atomic E-state index is -0.517. The molecule has 0 unspecified atom stereocenters. The molecule has 0 aliphatic heterocycles. The molecule has 0 aliphatic rings. The fraction of sp³-hybridized carbons (Fsp3) is 0.200. The molecule has 0 heterocycles. The van der Waals surface area contributed by atoms with Crippen molar-refractivity contribution in [2.24, 2.45) is 0 Å². The van der Waals surface area contributed by atoms with Crippen LogP contribution in [0.3, 0.4) is 0 Å². The molecule has 0 saturated heterocycles. The van der Waals surface area contributed by atoms with Gasteiger partial charge in [0.25, 0.3) is 0 Å². The Balaban J connectivity index is 2.61. The molecular formula is C10H9ClO3. The van der Waals surface area contributed by atoms with Crippen LogP contribution in [0, 0.1) is 0 Å². The number of carbonyl (C=O) groups excluding carboxylic acids is 2. The maximum atomic E-state index is 11.2. The third-order valence-corrected chi connectivity index (χ3v) is 1.74. The normalized spacial score (nSPS) is 9.57. The summed E-state index contributed by atoms with van der Waals surface area (Å²) in [4.78, 5) is 21.8. The van der Waals surface area contributed by atoms with Gasteiger partial charge in [-0.05, 0) is 31.2 Å². The highest BCUT2D eigenvalue weighted by atomic mass is 35.5. The van der Waals surface area contributed by atoms with Gasteiger partial charge in [0.1, 0.15) is 6.61 Å². The van der Waals surface area contributed by atoms with Crippen LogP contribution in [-0.2, 0) is 9.53 Å². The number of Topliss-reactive ketones (excluding diaryl/α,β-unsaturated/α-hetero) is 1. The Bertz CT molecular complexity index is 343. The van der Waals surface area contributed by atoms with Crippen LogP contribution in [-0.4, -0.2) is 18.4 Å². The van der Waals surface area contributed by atoms with Crippen molar-refractivity contribution in [3.63, 3.8) is 0 Å². The molecule has 0 aliphatic carbocycles. The van der Waals surface area contributed by atoms with Crippen molar-refractivity contribution in [1.29, 1.82) is 0 Å². The van der Waals surface area contributed by atoms with Crippen molar-refractivity contribution in [2.75, 3.05) is 6.61 Å². The van der Waals surface area contributed by atoms with Crippen molar-refractivity contribution in [1.82, 2.24) is 0 Å². The summed E-state index contributed by atoms with van der Waals surface area (Å²) >= 11 is 5.64. The largest absolute Gasteiger partial charge is 0.454 e. The van der Waals surface area contributed by atoms with Crippen molar-refractivity contribution in [3.05, 3.63) is 34.9 Å². The fourth-order valence-electron chi connectivity index (χ4n) is 0.836. The first-order valence-electron chi connectivity index (χ1n) is 4.01. The summed E-state index contributed by atoms with van der Waals surface area (Å²) < 4.78 is 4.70. The first-order chi connectivity index (χ1) is 6.59. The van der Waals surface area contributed by atoms with E-state index in [1.54, 1.807) is 24.3 Å². The molecule has 0 N–H and O–H groups in total. The molecule has 1 aromatic rings. The highest BCUT2D eigenvalue weighted by Crippen LogP contribution is 2.10. The van der Waals surface area contributed by atoms with Crippen LogP contribution in [0.1, 0.15) is 17.3 Å². The van der Waals surface area contributed by atoms with Crippen LogP contribution in [0.4, 0.5) is 0 Å². The van der Waals surface area contributed by atoms with Gasteiger partial charge in [-0.2, -0.15) is 0 Å². The van der Waals surface area contributed by atoms with Gasteiger partial charge in [-0.1, -0.05) is 11.6 Å². The van der Waals surface area contributed by atoms with Gasteiger partial charge in [0, 0.05) is 5.02 Å². The second-order valence-electron chi connectivity index (χ2n) is 2.79. The molecule has 4 heteroatoms. The van der Waals surface area contributed by atoms with Crippen LogP contribution in [0.15, 0.2) is 24.3 Å². The summed E-state index contributed by atoms with van der Waals surface area (Å²) in [6.07, 6.45) is 0. The van der Waals surface area contributed by atoms with Gasteiger partial charge in [0.15, 0.2) is 5.78 Å². The van der Waals surface area contributed by atoms with E-state index in [-0.39, 0.29) is 12.4 Å². The molecule has 1 rings (SSSR count). The van der Waals surface area contributed by atoms with Gasteiger partial charge in [0.2, 0.25) is 0 Å². The van der Waals surface area contributed by atoms with Crippen molar-refractivity contribution in [3.8, 4) is 0 Å². The monoisotopic (exact) mass is 212 g/mol. The van der Waals surface area contributed by atoms with E-state index in [1.165, 1.54) is 6.92 Å². The molecule has 0 aromatic heterocycles. The molecule has 0 bridgehead atoms. The predicted octanol–water partition coefficient (Wildman–Crippen LogP) is 2.09. The number of halogens is 1. The first kappa shape index (κ1) is 10.7. The summed E-state index contributed by atoms with van der Waals surface area (Å²) in [6, 6.07) is 6.27. The smallest absolute Gasteiger partial charge is 0.338 e. The number of esters is 1. The topological polar surface area (TPSA) is 43.4 Å². The average molecular weight is 213 g/mol. The Morgan fingerprint density at radius 1 is 1.29 bits per heavy atom. The maximum absolute atomic E-state index is 11.2. The van der Waals surface area contributed by atoms with Crippen molar-refractivity contribution in [2.45, 2.75) is 6.92 Å². The number of rotatable bonds is 3. The number of carbonyl (C=O) groups is 2. The van der Waals surface area contributed by atoms with E-state index in [0.29, 0.717) is 10.6 Å². The molecule has 1 aromatic carbocycles. The molecule has 0 atom stereocenters. The highest BCUT2D eigenvalue weighted by Gasteiger charge is 2.07. The molecule has 0 saturated carbocycles. The van der Waals surface area contributed by atoms with Crippen LogP contribution in [0.5, 0.6) is 0 Å². The molecule has 0 amide bonds. The van der Waals surface area contributed by atoms with E-state index in [9.17, 15) is 9.59 Å². The lowest BCUT2D eigenvalue weighted by Crippen LogP contribution is -2.11. The lowest BCUT2D eigenvalue weighted by Gasteiger charge is -2.01. The van der Waals surface area contributed by atoms with E-state index in [4.69, 9.17) is 16.3 Å². The zero-order chi connectivity index (χ0) is 10.6. The van der Waals surface area contributed by atoms with Gasteiger partial charge in [-0.25, -0.2) is 4.79 Å². The Kier molecular flexibility index (Phi) is 3.65. The van der Waals surface area contributed by atoms with E-state index in [0.717, 1.165) is 0 Å². The lowest BCUT2D eigenvalue weighted by molar-refractivity contribution is -0.120. The minimum absolute atomic E-state index is 0.188. The summed E-state index contributed by atoms with van der Waals surface area (Å²) in [7, 11) is 0. The number of ketones is 1. The van der Waals surface area contributed by atoms with Crippen LogP contribution in [0.2, 0.25) is 5.02 Å². The third kappa shape index (κ3) is 3.18. The van der Waals surface area contributed by atoms with Gasteiger partial charge in [0.05, 0.1) is 5.56 Å². The van der Waals surface area contributed by atoms with Gasteiger partial charge in [-0.15, -0.1) is 0 Å². The number of hydrogen-bond donors (Lipinski definition) is 0. The maximum Gasteiger partial charge on any atom is 0.338 e. The van der Waals surface area contributed by atoms with Crippen molar-refractivity contribution >= 4 is 23.4 Å². The zero-order valence-electron chi connectivity index (χ0n) is 7.62. The van der Waals surface area contributed by atoms with E-state index in [1.807, 2.05) is 0 Å². The minimum Gasteiger partial charge on any atom is -0.454 e. The van der Waals surface area contributed by atoms with Gasteiger partial charge < -0.3 is 4.74 Å².